The van der Waals surface area contributed by atoms with Gasteiger partial charge in [0.1, 0.15) is 6.61 Å². The summed E-state index contributed by atoms with van der Waals surface area (Å²) in [6.45, 7) is 0.327. The van der Waals surface area contributed by atoms with Crippen molar-refractivity contribution in [1.29, 1.82) is 0 Å². The first kappa shape index (κ1) is 22.6. The molecule has 0 saturated carbocycles. The van der Waals surface area contributed by atoms with E-state index in [0.29, 0.717) is 38.9 Å². The van der Waals surface area contributed by atoms with Crippen LogP contribution >= 0.6 is 46.0 Å². The summed E-state index contributed by atoms with van der Waals surface area (Å²) in [6, 6.07) is 16.7. The van der Waals surface area contributed by atoms with Crippen LogP contribution in [-0.2, 0) is 11.4 Å². The van der Waals surface area contributed by atoms with Gasteiger partial charge in [-0.15, -0.1) is 0 Å². The normalized spacial score (nSPS) is 15.8. The van der Waals surface area contributed by atoms with E-state index < -0.39 is 0 Å². The van der Waals surface area contributed by atoms with E-state index in [1.807, 2.05) is 42.5 Å². The summed E-state index contributed by atoms with van der Waals surface area (Å²) in [5, 5.41) is 3.77. The summed E-state index contributed by atoms with van der Waals surface area (Å²) < 4.78 is 12.3. The van der Waals surface area contributed by atoms with Gasteiger partial charge in [-0.2, -0.15) is 0 Å². The van der Waals surface area contributed by atoms with Gasteiger partial charge in [0.15, 0.2) is 16.7 Å². The summed E-state index contributed by atoms with van der Waals surface area (Å²) in [4.78, 5) is 21.7. The molecule has 1 aliphatic rings. The number of methoxy groups -OCH3 is 1. The number of para-hydroxylation sites is 1. The molecule has 1 saturated heterocycles. The zero-order valence-electron chi connectivity index (χ0n) is 16.8. The Balaban J connectivity index is 1.55. The minimum atomic E-state index is -0.217. The quantitative estimate of drug-likeness (QED) is 0.295. The molecule has 0 spiro atoms. The molecule has 32 heavy (non-hydrogen) atoms. The maximum Gasteiger partial charge on any atom is 0.264 e. The van der Waals surface area contributed by atoms with E-state index in [-0.39, 0.29) is 5.91 Å². The van der Waals surface area contributed by atoms with Gasteiger partial charge in [-0.25, -0.2) is 4.99 Å². The average molecular weight is 578 g/mol. The van der Waals surface area contributed by atoms with E-state index in [2.05, 4.69) is 37.9 Å². The number of amides is 1. The van der Waals surface area contributed by atoms with Crippen molar-refractivity contribution in [3.05, 3.63) is 85.5 Å². The third-order valence-electron chi connectivity index (χ3n) is 4.37. The molecule has 0 unspecified atom stereocenters. The predicted molar refractivity (Wildman–Crippen MR) is 137 cm³/mol. The second kappa shape index (κ2) is 10.4. The summed E-state index contributed by atoms with van der Waals surface area (Å²) in [5.74, 6) is 0.990. The van der Waals surface area contributed by atoms with Crippen molar-refractivity contribution in [1.82, 2.24) is 10.3 Å². The number of pyridine rings is 1. The highest BCUT2D eigenvalue weighted by molar-refractivity contribution is 14.1. The van der Waals surface area contributed by atoms with Crippen LogP contribution in [0.25, 0.3) is 6.08 Å². The molecule has 0 atom stereocenters. The molecular weight excluding hydrogens is 561 g/mol. The van der Waals surface area contributed by atoms with Crippen molar-refractivity contribution < 1.29 is 14.3 Å². The van der Waals surface area contributed by atoms with Gasteiger partial charge in [-0.3, -0.25) is 9.78 Å². The third-order valence-corrected chi connectivity index (χ3v) is 6.40. The summed E-state index contributed by atoms with van der Waals surface area (Å²) in [6.07, 6.45) is 3.52. The molecule has 3 aromatic rings. The lowest BCUT2D eigenvalue weighted by Gasteiger charge is -2.13. The molecule has 2 heterocycles. The fourth-order valence-electron chi connectivity index (χ4n) is 2.88. The van der Waals surface area contributed by atoms with Gasteiger partial charge in [-0.05, 0) is 82.4 Å². The maximum atomic E-state index is 12.5. The Morgan fingerprint density at radius 1 is 1.22 bits per heavy atom. The van der Waals surface area contributed by atoms with Gasteiger partial charge in [-0.1, -0.05) is 29.8 Å². The lowest BCUT2D eigenvalue weighted by atomic mass is 10.2. The second-order valence-corrected chi connectivity index (χ2v) is 9.18. The highest BCUT2D eigenvalue weighted by Gasteiger charge is 2.24. The van der Waals surface area contributed by atoms with Crippen LogP contribution in [-0.4, -0.2) is 23.2 Å². The van der Waals surface area contributed by atoms with Crippen molar-refractivity contribution in [2.75, 3.05) is 7.11 Å². The molecule has 0 bridgehead atoms. The predicted octanol–water partition coefficient (Wildman–Crippen LogP) is 5.82. The van der Waals surface area contributed by atoms with Gasteiger partial charge in [0, 0.05) is 6.20 Å². The van der Waals surface area contributed by atoms with Crippen molar-refractivity contribution in [3.8, 4) is 11.5 Å². The van der Waals surface area contributed by atoms with Crippen LogP contribution < -0.4 is 14.8 Å². The number of nitrogens with zero attached hydrogens (tertiary/aromatic N) is 2. The van der Waals surface area contributed by atoms with Crippen LogP contribution in [0.3, 0.4) is 0 Å². The molecule has 1 amide bonds. The Bertz CT molecular complexity index is 1220. The van der Waals surface area contributed by atoms with E-state index in [1.165, 1.54) is 11.8 Å². The summed E-state index contributed by atoms with van der Waals surface area (Å²) in [5.41, 5.74) is 2.23. The second-order valence-electron chi connectivity index (χ2n) is 6.58. The van der Waals surface area contributed by atoms with Crippen molar-refractivity contribution in [2.45, 2.75) is 6.61 Å². The molecule has 4 rings (SSSR count). The Morgan fingerprint density at radius 2 is 2.03 bits per heavy atom. The molecule has 2 aromatic carbocycles. The maximum absolute atomic E-state index is 12.5. The first-order valence-electron chi connectivity index (χ1n) is 9.48. The Hall–Kier alpha value is -2.56. The molecule has 1 aliphatic heterocycles. The van der Waals surface area contributed by atoms with E-state index in [4.69, 9.17) is 21.1 Å². The number of hydrogen-bond donors (Lipinski definition) is 1. The minimum absolute atomic E-state index is 0.217. The molecule has 6 nitrogen and oxygen atoms in total. The van der Waals surface area contributed by atoms with Gasteiger partial charge in [0.05, 0.1) is 32.0 Å². The van der Waals surface area contributed by atoms with E-state index in [1.54, 1.807) is 31.5 Å². The number of hydrogen-bond acceptors (Lipinski definition) is 6. The summed E-state index contributed by atoms with van der Waals surface area (Å²) >= 11 is 9.61. The SMILES string of the molecule is COc1cc(/C=C2/SC(=Nc3ccccc3Cl)NC2=O)cc(I)c1OCc1ccccn1. The number of amidine groups is 1. The lowest BCUT2D eigenvalue weighted by Crippen LogP contribution is -2.19. The molecular formula is C23H17ClIN3O3S. The number of thioether (sulfide) groups is 1. The monoisotopic (exact) mass is 577 g/mol. The van der Waals surface area contributed by atoms with Crippen LogP contribution in [0.4, 0.5) is 5.69 Å². The first-order chi connectivity index (χ1) is 15.5. The highest BCUT2D eigenvalue weighted by atomic mass is 127. The zero-order chi connectivity index (χ0) is 22.5. The molecule has 9 heteroatoms. The van der Waals surface area contributed by atoms with E-state index in [9.17, 15) is 4.79 Å². The number of nitrogens with one attached hydrogen (secondary N) is 1. The number of halogens is 2. The third kappa shape index (κ3) is 5.43. The average Bonchev–Trinajstić information content (AvgIpc) is 3.13. The van der Waals surface area contributed by atoms with Crippen LogP contribution in [0, 0.1) is 3.57 Å². The van der Waals surface area contributed by atoms with E-state index >= 15 is 0 Å². The molecule has 162 valence electrons. The minimum Gasteiger partial charge on any atom is -0.493 e. The standard InChI is InChI=1S/C23H17ClIN3O3S/c1-30-19-11-14(10-17(25)21(19)31-13-15-6-4-5-9-26-15)12-20-22(29)28-23(32-20)27-18-8-3-2-7-16(18)24/h2-12H,13H2,1H3,(H,27,28,29)/b20-12+. The molecule has 1 N–H and O–H groups in total. The smallest absolute Gasteiger partial charge is 0.264 e. The Labute approximate surface area is 208 Å². The number of aliphatic imine (C=N–C) groups is 1. The fourth-order valence-corrected chi connectivity index (χ4v) is 4.67. The Morgan fingerprint density at radius 3 is 2.78 bits per heavy atom. The van der Waals surface area contributed by atoms with Gasteiger partial charge in [0.25, 0.3) is 5.91 Å². The molecule has 1 aromatic heterocycles. The zero-order valence-corrected chi connectivity index (χ0v) is 20.6. The number of rotatable bonds is 6. The lowest BCUT2D eigenvalue weighted by molar-refractivity contribution is -0.115. The largest absolute Gasteiger partial charge is 0.493 e. The summed E-state index contributed by atoms with van der Waals surface area (Å²) in [7, 11) is 1.58. The van der Waals surface area contributed by atoms with Crippen LogP contribution in [0.1, 0.15) is 11.3 Å². The number of carbonyl (C=O) groups is 1. The van der Waals surface area contributed by atoms with Crippen LogP contribution in [0.5, 0.6) is 11.5 Å². The molecule has 0 aliphatic carbocycles. The van der Waals surface area contributed by atoms with Gasteiger partial charge >= 0.3 is 0 Å². The van der Waals surface area contributed by atoms with Crippen LogP contribution in [0.15, 0.2) is 70.7 Å². The van der Waals surface area contributed by atoms with Crippen LogP contribution in [0.2, 0.25) is 5.02 Å². The molecule has 1 fully saturated rings. The first-order valence-corrected chi connectivity index (χ1v) is 11.7. The number of benzene rings is 2. The van der Waals surface area contributed by atoms with Gasteiger partial charge < -0.3 is 14.8 Å². The number of carbonyl (C=O) groups excluding carboxylic acids is 1. The van der Waals surface area contributed by atoms with Crippen molar-refractivity contribution in [2.24, 2.45) is 4.99 Å². The topological polar surface area (TPSA) is 72.8 Å². The highest BCUT2D eigenvalue weighted by Crippen LogP contribution is 2.37. The number of ether oxygens (including phenoxy) is 2. The van der Waals surface area contributed by atoms with Crippen molar-refractivity contribution >= 4 is 68.8 Å². The number of aromatic nitrogens is 1. The molecule has 0 radical (unpaired) electrons. The Kier molecular flexibility index (Phi) is 7.33. The van der Waals surface area contributed by atoms with Gasteiger partial charge in [0.2, 0.25) is 0 Å². The van der Waals surface area contributed by atoms with E-state index in [0.717, 1.165) is 14.8 Å². The van der Waals surface area contributed by atoms with Crippen molar-refractivity contribution in [3.63, 3.8) is 0 Å². The fraction of sp³-hybridized carbons (Fsp3) is 0.0870.